The van der Waals surface area contributed by atoms with E-state index in [1.165, 1.54) is 24.3 Å². The maximum absolute atomic E-state index is 14.0. The SMILES string of the molecule is Fc1cc2ccc(-c3c4ccccc4cc4c(-c5ccc(C(F)(F)F)cc5)cccc34)cc2cc1F. The highest BCUT2D eigenvalue weighted by molar-refractivity contribution is 6.16. The lowest BCUT2D eigenvalue weighted by Crippen LogP contribution is -2.04. The van der Waals surface area contributed by atoms with Crippen LogP contribution in [0.25, 0.3) is 54.6 Å². The highest BCUT2D eigenvalue weighted by atomic mass is 19.4. The summed E-state index contributed by atoms with van der Waals surface area (Å²) in [6.07, 6.45) is -4.40. The van der Waals surface area contributed by atoms with Gasteiger partial charge >= 0.3 is 6.18 Å². The van der Waals surface area contributed by atoms with Crippen LogP contribution >= 0.6 is 0 Å². The van der Waals surface area contributed by atoms with Gasteiger partial charge in [0.2, 0.25) is 0 Å². The van der Waals surface area contributed by atoms with E-state index in [9.17, 15) is 22.0 Å². The van der Waals surface area contributed by atoms with Crippen molar-refractivity contribution in [3.05, 3.63) is 120 Å². The average molecular weight is 484 g/mol. The van der Waals surface area contributed by atoms with E-state index in [4.69, 9.17) is 0 Å². The van der Waals surface area contributed by atoms with Gasteiger partial charge < -0.3 is 0 Å². The Morgan fingerprint density at radius 3 is 1.89 bits per heavy atom. The smallest absolute Gasteiger partial charge is 0.204 e. The second kappa shape index (κ2) is 8.16. The summed E-state index contributed by atoms with van der Waals surface area (Å²) in [5.41, 5.74) is 2.54. The zero-order valence-corrected chi connectivity index (χ0v) is 18.7. The van der Waals surface area contributed by atoms with Crippen LogP contribution in [0.1, 0.15) is 5.56 Å². The molecule has 0 aliphatic rings. The van der Waals surface area contributed by atoms with Crippen molar-refractivity contribution < 1.29 is 22.0 Å². The third-order valence-corrected chi connectivity index (χ3v) is 6.60. The summed E-state index contributed by atoms with van der Waals surface area (Å²) in [5, 5.41) is 4.91. The minimum atomic E-state index is -4.40. The molecular formula is C31H17F5. The third-order valence-electron chi connectivity index (χ3n) is 6.60. The fourth-order valence-corrected chi connectivity index (χ4v) is 4.89. The summed E-state index contributed by atoms with van der Waals surface area (Å²) in [6.45, 7) is 0. The quantitative estimate of drug-likeness (QED) is 0.169. The fourth-order valence-electron chi connectivity index (χ4n) is 4.89. The van der Waals surface area contributed by atoms with Gasteiger partial charge in [-0.1, -0.05) is 66.7 Å². The maximum Gasteiger partial charge on any atom is 0.416 e. The molecule has 6 aromatic rings. The van der Waals surface area contributed by atoms with Crippen LogP contribution in [-0.4, -0.2) is 0 Å². The number of rotatable bonds is 2. The third kappa shape index (κ3) is 3.68. The number of hydrogen-bond acceptors (Lipinski definition) is 0. The van der Waals surface area contributed by atoms with Crippen molar-refractivity contribution in [1.29, 1.82) is 0 Å². The summed E-state index contributed by atoms with van der Waals surface area (Å²) in [5.74, 6) is -1.81. The Morgan fingerprint density at radius 2 is 1.14 bits per heavy atom. The lowest BCUT2D eigenvalue weighted by Gasteiger charge is -2.16. The average Bonchev–Trinajstić information content (AvgIpc) is 2.87. The van der Waals surface area contributed by atoms with Gasteiger partial charge in [-0.05, 0) is 91.0 Å². The Bertz CT molecular complexity index is 1780. The molecule has 36 heavy (non-hydrogen) atoms. The summed E-state index contributed by atoms with van der Waals surface area (Å²) in [6, 6.07) is 28.6. The molecule has 0 aliphatic heterocycles. The second-order valence-electron chi connectivity index (χ2n) is 8.78. The van der Waals surface area contributed by atoms with E-state index in [0.717, 1.165) is 50.4 Å². The molecule has 0 fully saturated rings. The number of fused-ring (bicyclic) bond motifs is 3. The molecule has 0 radical (unpaired) electrons. The van der Waals surface area contributed by atoms with Gasteiger partial charge in [-0.2, -0.15) is 13.2 Å². The summed E-state index contributed by atoms with van der Waals surface area (Å²) >= 11 is 0. The minimum absolute atomic E-state index is 0.575. The van der Waals surface area contributed by atoms with Crippen LogP contribution in [0.3, 0.4) is 0 Å². The maximum atomic E-state index is 14.0. The molecule has 0 aromatic heterocycles. The molecule has 0 atom stereocenters. The monoisotopic (exact) mass is 484 g/mol. The topological polar surface area (TPSA) is 0 Å². The first-order valence-electron chi connectivity index (χ1n) is 11.3. The van der Waals surface area contributed by atoms with Crippen molar-refractivity contribution in [2.75, 3.05) is 0 Å². The molecule has 0 spiro atoms. The summed E-state index contributed by atoms with van der Waals surface area (Å²) in [7, 11) is 0. The van der Waals surface area contributed by atoms with Crippen molar-refractivity contribution in [2.24, 2.45) is 0 Å². The fraction of sp³-hybridized carbons (Fsp3) is 0.0323. The van der Waals surface area contributed by atoms with Crippen LogP contribution in [0.5, 0.6) is 0 Å². The zero-order valence-electron chi connectivity index (χ0n) is 18.7. The molecule has 5 heteroatoms. The van der Waals surface area contributed by atoms with E-state index in [2.05, 4.69) is 0 Å². The van der Waals surface area contributed by atoms with Crippen LogP contribution in [0, 0.1) is 11.6 Å². The van der Waals surface area contributed by atoms with Gasteiger partial charge in [0, 0.05) is 0 Å². The zero-order chi connectivity index (χ0) is 25.0. The Hall–Kier alpha value is -4.25. The predicted molar refractivity (Wildman–Crippen MR) is 135 cm³/mol. The lowest BCUT2D eigenvalue weighted by atomic mass is 9.88. The molecule has 0 N–H and O–H groups in total. The first-order chi connectivity index (χ1) is 17.3. The lowest BCUT2D eigenvalue weighted by molar-refractivity contribution is -0.137. The van der Waals surface area contributed by atoms with Gasteiger partial charge in [-0.3, -0.25) is 0 Å². The van der Waals surface area contributed by atoms with Gasteiger partial charge in [-0.15, -0.1) is 0 Å². The van der Waals surface area contributed by atoms with Crippen molar-refractivity contribution in [2.45, 2.75) is 6.18 Å². The minimum Gasteiger partial charge on any atom is -0.204 e. The molecule has 0 saturated heterocycles. The van der Waals surface area contributed by atoms with Crippen LogP contribution in [0.15, 0.2) is 103 Å². The second-order valence-corrected chi connectivity index (χ2v) is 8.78. The van der Waals surface area contributed by atoms with Crippen LogP contribution in [0.4, 0.5) is 22.0 Å². The van der Waals surface area contributed by atoms with Gasteiger partial charge in [0.15, 0.2) is 11.6 Å². The van der Waals surface area contributed by atoms with Gasteiger partial charge in [0.05, 0.1) is 5.56 Å². The van der Waals surface area contributed by atoms with Crippen LogP contribution in [-0.2, 0) is 6.18 Å². The molecule has 0 unspecified atom stereocenters. The number of halogens is 5. The van der Waals surface area contributed by atoms with Crippen molar-refractivity contribution >= 4 is 32.3 Å². The van der Waals surface area contributed by atoms with Crippen molar-refractivity contribution in [1.82, 2.24) is 0 Å². The molecule has 6 aromatic carbocycles. The van der Waals surface area contributed by atoms with Gasteiger partial charge in [0.25, 0.3) is 0 Å². The molecule has 0 saturated carbocycles. The molecule has 0 aliphatic carbocycles. The summed E-state index contributed by atoms with van der Waals surface area (Å²) < 4.78 is 67.0. The molecule has 0 nitrogen and oxygen atoms in total. The normalized spacial score (nSPS) is 12.0. The standard InChI is InChI=1S/C31H17F5/c32-28-16-19-8-9-21(14-22(19)17-29(28)33)30-25-5-2-1-4-20(25)15-27-24(6-3-7-26(27)30)18-10-12-23(13-11-18)31(34,35)36/h1-17H. The molecule has 6 rings (SSSR count). The number of alkyl halides is 3. The van der Waals surface area contributed by atoms with Crippen molar-refractivity contribution in [3.8, 4) is 22.3 Å². The molecule has 176 valence electrons. The first kappa shape index (κ1) is 22.2. The molecule has 0 amide bonds. The molecule has 0 bridgehead atoms. The van der Waals surface area contributed by atoms with Crippen LogP contribution in [0.2, 0.25) is 0 Å². The Morgan fingerprint density at radius 1 is 0.472 bits per heavy atom. The number of hydrogen-bond donors (Lipinski definition) is 0. The molecule has 0 heterocycles. The van der Waals surface area contributed by atoms with Crippen LogP contribution < -0.4 is 0 Å². The van der Waals surface area contributed by atoms with E-state index >= 15 is 0 Å². The van der Waals surface area contributed by atoms with E-state index < -0.39 is 23.4 Å². The summed E-state index contributed by atoms with van der Waals surface area (Å²) in [4.78, 5) is 0. The predicted octanol–water partition coefficient (Wildman–Crippen LogP) is 9.78. The Kier molecular flexibility index (Phi) is 5.04. The number of benzene rings is 6. The Labute approximate surface area is 203 Å². The molecular weight excluding hydrogens is 467 g/mol. The van der Waals surface area contributed by atoms with E-state index in [-0.39, 0.29) is 0 Å². The van der Waals surface area contributed by atoms with E-state index in [0.29, 0.717) is 16.3 Å². The first-order valence-corrected chi connectivity index (χ1v) is 11.3. The van der Waals surface area contributed by atoms with Crippen molar-refractivity contribution in [3.63, 3.8) is 0 Å². The van der Waals surface area contributed by atoms with E-state index in [1.807, 2.05) is 60.7 Å². The Balaban J connectivity index is 1.63. The highest BCUT2D eigenvalue weighted by Gasteiger charge is 2.30. The largest absolute Gasteiger partial charge is 0.416 e. The highest BCUT2D eigenvalue weighted by Crippen LogP contribution is 2.41. The van der Waals surface area contributed by atoms with E-state index in [1.54, 1.807) is 6.07 Å². The van der Waals surface area contributed by atoms with Gasteiger partial charge in [0.1, 0.15) is 0 Å². The van der Waals surface area contributed by atoms with Gasteiger partial charge in [-0.25, -0.2) is 8.78 Å².